The second-order valence-corrected chi connectivity index (χ2v) is 5.33. The van der Waals surface area contributed by atoms with E-state index in [0.29, 0.717) is 19.4 Å². The number of ether oxygens (including phenoxy) is 1. The summed E-state index contributed by atoms with van der Waals surface area (Å²) in [7, 11) is 1.67. The fourth-order valence-corrected chi connectivity index (χ4v) is 2.43. The molecule has 3 atom stereocenters. The molecule has 6 heteroatoms. The monoisotopic (exact) mass is 268 g/mol. The van der Waals surface area contributed by atoms with Gasteiger partial charge in [-0.3, -0.25) is 19.3 Å². The minimum absolute atomic E-state index is 0.0858. The van der Waals surface area contributed by atoms with Gasteiger partial charge in [-0.1, -0.05) is 0 Å². The average Bonchev–Trinajstić information content (AvgIpc) is 3.14. The van der Waals surface area contributed by atoms with Crippen LogP contribution in [0, 0.1) is 11.8 Å². The number of nitrogens with zero attached hydrogens (tertiary/aromatic N) is 1. The molecule has 106 valence electrons. The molecule has 19 heavy (non-hydrogen) atoms. The van der Waals surface area contributed by atoms with Gasteiger partial charge in [0.2, 0.25) is 11.8 Å². The number of hydrogen-bond acceptors (Lipinski definition) is 5. The Kier molecular flexibility index (Phi) is 3.62. The van der Waals surface area contributed by atoms with Gasteiger partial charge < -0.3 is 10.1 Å². The van der Waals surface area contributed by atoms with E-state index in [1.807, 2.05) is 0 Å². The lowest BCUT2D eigenvalue weighted by Crippen LogP contribution is -2.51. The molecule has 3 unspecified atom stereocenters. The Morgan fingerprint density at radius 1 is 1.42 bits per heavy atom. The summed E-state index contributed by atoms with van der Waals surface area (Å²) >= 11 is 0. The molecule has 1 aliphatic heterocycles. The van der Waals surface area contributed by atoms with E-state index >= 15 is 0 Å². The Bertz CT molecular complexity index is 403. The molecule has 1 aliphatic carbocycles. The maximum atomic E-state index is 11.9. The van der Waals surface area contributed by atoms with Gasteiger partial charge in [0.1, 0.15) is 5.54 Å². The number of piperidine rings is 1. The van der Waals surface area contributed by atoms with Crippen LogP contribution in [0.5, 0.6) is 0 Å². The lowest BCUT2D eigenvalue weighted by atomic mass is 9.98. The smallest absolute Gasteiger partial charge is 0.326 e. The number of imide groups is 1. The zero-order valence-corrected chi connectivity index (χ0v) is 11.6. The van der Waals surface area contributed by atoms with Gasteiger partial charge in [0, 0.05) is 6.54 Å². The van der Waals surface area contributed by atoms with Gasteiger partial charge in [-0.15, -0.1) is 0 Å². The molecule has 1 saturated carbocycles. The van der Waals surface area contributed by atoms with Crippen molar-refractivity contribution < 1.29 is 19.1 Å². The van der Waals surface area contributed by atoms with E-state index in [4.69, 9.17) is 4.74 Å². The van der Waals surface area contributed by atoms with Crippen LogP contribution in [-0.4, -0.2) is 48.4 Å². The van der Waals surface area contributed by atoms with Crippen LogP contribution in [0.15, 0.2) is 0 Å². The van der Waals surface area contributed by atoms with Crippen LogP contribution in [0.4, 0.5) is 0 Å². The zero-order valence-electron chi connectivity index (χ0n) is 11.6. The zero-order chi connectivity index (χ0) is 14.2. The second-order valence-electron chi connectivity index (χ2n) is 5.33. The summed E-state index contributed by atoms with van der Waals surface area (Å²) in [6, 6.07) is 0. The summed E-state index contributed by atoms with van der Waals surface area (Å²) in [5.74, 6) is -0.705. The fourth-order valence-electron chi connectivity index (χ4n) is 2.43. The molecule has 1 heterocycles. The number of esters is 1. The standard InChI is InChI=1S/C13H20N2O4/c1-4-19-12(18)13(2,14-3)5-6-15-10(16)8-7-9(8)11(15)17/h8-9,14H,4-7H2,1-3H3. The highest BCUT2D eigenvalue weighted by molar-refractivity contribution is 6.08. The quantitative estimate of drug-likeness (QED) is 0.539. The lowest BCUT2D eigenvalue weighted by molar-refractivity contribution is -0.152. The molecule has 1 saturated heterocycles. The van der Waals surface area contributed by atoms with Crippen LogP contribution in [0.3, 0.4) is 0 Å². The number of likely N-dealkylation sites (tertiary alicyclic amines) is 1. The third-order valence-corrected chi connectivity index (χ3v) is 4.07. The van der Waals surface area contributed by atoms with Gasteiger partial charge in [-0.2, -0.15) is 0 Å². The van der Waals surface area contributed by atoms with Crippen molar-refractivity contribution >= 4 is 17.8 Å². The highest BCUT2D eigenvalue weighted by Gasteiger charge is 2.58. The van der Waals surface area contributed by atoms with Crippen LogP contribution in [0.25, 0.3) is 0 Å². The van der Waals surface area contributed by atoms with Gasteiger partial charge in [0.05, 0.1) is 18.4 Å². The largest absolute Gasteiger partial charge is 0.465 e. The van der Waals surface area contributed by atoms with Gasteiger partial charge in [0.25, 0.3) is 0 Å². The van der Waals surface area contributed by atoms with Gasteiger partial charge in [-0.25, -0.2) is 0 Å². The third-order valence-electron chi connectivity index (χ3n) is 4.07. The first-order valence-electron chi connectivity index (χ1n) is 6.66. The molecule has 0 bridgehead atoms. The van der Waals surface area contributed by atoms with Crippen LogP contribution >= 0.6 is 0 Å². The van der Waals surface area contributed by atoms with Crippen molar-refractivity contribution in [3.63, 3.8) is 0 Å². The highest BCUT2D eigenvalue weighted by atomic mass is 16.5. The second kappa shape index (κ2) is 4.92. The van der Waals surface area contributed by atoms with Crippen LogP contribution in [0.1, 0.15) is 26.7 Å². The summed E-state index contributed by atoms with van der Waals surface area (Å²) < 4.78 is 5.01. The minimum Gasteiger partial charge on any atom is -0.465 e. The molecular formula is C13H20N2O4. The molecule has 2 rings (SSSR count). The SMILES string of the molecule is CCOC(=O)C(C)(CCN1C(=O)C2CC2C1=O)NC. The number of fused-ring (bicyclic) bond motifs is 1. The van der Waals surface area contributed by atoms with Crippen molar-refractivity contribution in [1.82, 2.24) is 10.2 Å². The van der Waals surface area contributed by atoms with E-state index in [9.17, 15) is 14.4 Å². The van der Waals surface area contributed by atoms with Crippen molar-refractivity contribution in [2.45, 2.75) is 32.2 Å². The van der Waals surface area contributed by atoms with E-state index in [-0.39, 0.29) is 36.2 Å². The summed E-state index contributed by atoms with van der Waals surface area (Å²) in [6.07, 6.45) is 1.06. The van der Waals surface area contributed by atoms with E-state index in [1.54, 1.807) is 20.9 Å². The molecule has 2 aliphatic rings. The number of nitrogens with one attached hydrogen (secondary N) is 1. The molecule has 1 N–H and O–H groups in total. The molecule has 0 aromatic heterocycles. The first-order chi connectivity index (χ1) is 8.94. The summed E-state index contributed by atoms with van der Waals surface area (Å²) in [6.45, 7) is 4.04. The van der Waals surface area contributed by atoms with Crippen molar-refractivity contribution in [3.8, 4) is 0 Å². The first kappa shape index (κ1) is 14.0. The molecule has 0 aromatic carbocycles. The van der Waals surface area contributed by atoms with Gasteiger partial charge >= 0.3 is 5.97 Å². The molecule has 6 nitrogen and oxygen atoms in total. The van der Waals surface area contributed by atoms with Crippen molar-refractivity contribution in [2.75, 3.05) is 20.2 Å². The number of amides is 2. The number of likely N-dealkylation sites (N-methyl/N-ethyl adjacent to an activating group) is 1. The highest BCUT2D eigenvalue weighted by Crippen LogP contribution is 2.47. The van der Waals surface area contributed by atoms with Crippen molar-refractivity contribution in [1.29, 1.82) is 0 Å². The van der Waals surface area contributed by atoms with Crippen molar-refractivity contribution in [3.05, 3.63) is 0 Å². The van der Waals surface area contributed by atoms with E-state index in [1.165, 1.54) is 4.90 Å². The topological polar surface area (TPSA) is 75.7 Å². The number of rotatable bonds is 6. The van der Waals surface area contributed by atoms with Gasteiger partial charge in [0.15, 0.2) is 0 Å². The third kappa shape index (κ3) is 2.36. The van der Waals surface area contributed by atoms with E-state index in [2.05, 4.69) is 5.32 Å². The Morgan fingerprint density at radius 2 is 2.00 bits per heavy atom. The molecule has 2 fully saturated rings. The Morgan fingerprint density at radius 3 is 2.47 bits per heavy atom. The summed E-state index contributed by atoms with van der Waals surface area (Å²) in [4.78, 5) is 36.8. The molecule has 0 radical (unpaired) electrons. The molecule has 0 spiro atoms. The Labute approximate surface area is 112 Å². The number of carbonyl (C=O) groups is 3. The molecule has 0 aromatic rings. The van der Waals surface area contributed by atoms with E-state index in [0.717, 1.165) is 0 Å². The van der Waals surface area contributed by atoms with Crippen LogP contribution in [-0.2, 0) is 19.1 Å². The van der Waals surface area contributed by atoms with Crippen LogP contribution in [0.2, 0.25) is 0 Å². The van der Waals surface area contributed by atoms with E-state index < -0.39 is 5.54 Å². The predicted molar refractivity (Wildman–Crippen MR) is 67.0 cm³/mol. The maximum absolute atomic E-state index is 11.9. The normalized spacial score (nSPS) is 28.1. The van der Waals surface area contributed by atoms with Gasteiger partial charge in [-0.05, 0) is 33.7 Å². The number of hydrogen-bond donors (Lipinski definition) is 1. The Hall–Kier alpha value is -1.43. The average molecular weight is 268 g/mol. The maximum Gasteiger partial charge on any atom is 0.326 e. The Balaban J connectivity index is 1.95. The van der Waals surface area contributed by atoms with Crippen molar-refractivity contribution in [2.24, 2.45) is 11.8 Å². The fraction of sp³-hybridized carbons (Fsp3) is 0.769. The lowest BCUT2D eigenvalue weighted by Gasteiger charge is -2.28. The molecular weight excluding hydrogens is 248 g/mol. The summed E-state index contributed by atoms with van der Waals surface area (Å²) in [5, 5.41) is 2.92. The molecule has 2 amide bonds. The first-order valence-corrected chi connectivity index (χ1v) is 6.66. The minimum atomic E-state index is -0.872. The van der Waals surface area contributed by atoms with Crippen LogP contribution < -0.4 is 5.32 Å². The summed E-state index contributed by atoms with van der Waals surface area (Å²) in [5.41, 5.74) is -0.872. The number of carbonyl (C=O) groups excluding carboxylic acids is 3. The predicted octanol–water partition coefficient (Wildman–Crippen LogP) is -0.0774.